The van der Waals surface area contributed by atoms with Crippen LogP contribution in [0.1, 0.15) is 40.5 Å². The lowest BCUT2D eigenvalue weighted by atomic mass is 10.0. The predicted octanol–water partition coefficient (Wildman–Crippen LogP) is 0.851. The van der Waals surface area contributed by atoms with Crippen molar-refractivity contribution >= 4 is 5.97 Å². The second-order valence-electron chi connectivity index (χ2n) is 4.76. The van der Waals surface area contributed by atoms with Crippen LogP contribution >= 0.6 is 0 Å². The summed E-state index contributed by atoms with van der Waals surface area (Å²) >= 11 is 0. The lowest BCUT2D eigenvalue weighted by Gasteiger charge is -2.30. The largest absolute Gasteiger partial charge is 0.463 e. The fourth-order valence-corrected chi connectivity index (χ4v) is 1.80. The molecule has 3 N–H and O–H groups in total. The number of hydrogen-bond donors (Lipinski definition) is 3. The molecule has 0 bridgehead atoms. The van der Waals surface area contributed by atoms with Crippen LogP contribution in [0.25, 0.3) is 0 Å². The van der Waals surface area contributed by atoms with Gasteiger partial charge < -0.3 is 20.5 Å². The number of nitrogens with one attached hydrogen (secondary N) is 2. The number of hydrogen-bond acceptors (Lipinski definition) is 5. The highest BCUT2D eigenvalue weighted by atomic mass is 16.5. The van der Waals surface area contributed by atoms with Crippen LogP contribution in [0.5, 0.6) is 0 Å². The summed E-state index contributed by atoms with van der Waals surface area (Å²) in [5, 5.41) is 16.0. The van der Waals surface area contributed by atoms with Gasteiger partial charge in [-0.2, -0.15) is 0 Å². The van der Waals surface area contributed by atoms with Crippen LogP contribution in [0.15, 0.2) is 11.9 Å². The zero-order valence-corrected chi connectivity index (χ0v) is 11.0. The third-order valence-corrected chi connectivity index (χ3v) is 2.72. The third kappa shape index (κ3) is 2.91. The fraction of sp³-hybridized carbons (Fsp3) is 0.750. The third-order valence-electron chi connectivity index (χ3n) is 2.72. The van der Waals surface area contributed by atoms with Gasteiger partial charge in [0.1, 0.15) is 0 Å². The number of rotatable bonds is 5. The van der Waals surface area contributed by atoms with E-state index in [0.29, 0.717) is 18.7 Å². The molecule has 0 amide bonds. The molecule has 0 radical (unpaired) electrons. The van der Waals surface area contributed by atoms with Gasteiger partial charge in [-0.05, 0) is 27.2 Å². The Kier molecular flexibility index (Phi) is 4.03. The molecule has 0 fully saturated rings. The molecule has 1 heterocycles. The van der Waals surface area contributed by atoms with Gasteiger partial charge in [-0.1, -0.05) is 13.3 Å². The molecule has 0 saturated carbocycles. The van der Waals surface area contributed by atoms with Crippen molar-refractivity contribution in [3.8, 4) is 0 Å². The van der Waals surface area contributed by atoms with Gasteiger partial charge in [-0.3, -0.25) is 0 Å². The SMILES string of the molecule is CCCC1(C(=O)OCC)NC=C(C(C)(C)O)N1. The van der Waals surface area contributed by atoms with Crippen molar-refractivity contribution in [1.29, 1.82) is 0 Å². The maximum atomic E-state index is 12.0. The Balaban J connectivity index is 2.83. The van der Waals surface area contributed by atoms with E-state index < -0.39 is 11.3 Å². The minimum Gasteiger partial charge on any atom is -0.463 e. The van der Waals surface area contributed by atoms with E-state index in [1.165, 1.54) is 0 Å². The summed E-state index contributed by atoms with van der Waals surface area (Å²) in [6.45, 7) is 7.44. The summed E-state index contributed by atoms with van der Waals surface area (Å²) in [7, 11) is 0. The molecule has 17 heavy (non-hydrogen) atoms. The molecule has 0 spiro atoms. The maximum absolute atomic E-state index is 12.0. The normalized spacial score (nSPS) is 23.7. The van der Waals surface area contributed by atoms with Crippen LogP contribution in [0.2, 0.25) is 0 Å². The topological polar surface area (TPSA) is 70.6 Å². The van der Waals surface area contributed by atoms with E-state index in [0.717, 1.165) is 6.42 Å². The van der Waals surface area contributed by atoms with Crippen molar-refractivity contribution in [3.63, 3.8) is 0 Å². The minimum atomic E-state index is -1.00. The van der Waals surface area contributed by atoms with E-state index in [4.69, 9.17) is 4.74 Å². The quantitative estimate of drug-likeness (QED) is 0.624. The summed E-state index contributed by atoms with van der Waals surface area (Å²) in [6, 6.07) is 0. The van der Waals surface area contributed by atoms with Gasteiger partial charge in [0, 0.05) is 6.20 Å². The molecule has 5 nitrogen and oxygen atoms in total. The minimum absolute atomic E-state index is 0.336. The average molecular weight is 242 g/mol. The van der Waals surface area contributed by atoms with Crippen molar-refractivity contribution in [2.24, 2.45) is 0 Å². The molecule has 1 unspecified atom stereocenters. The Bertz CT molecular complexity index is 320. The van der Waals surface area contributed by atoms with Gasteiger partial charge in [0.25, 0.3) is 0 Å². The fourth-order valence-electron chi connectivity index (χ4n) is 1.80. The van der Waals surface area contributed by atoms with E-state index in [1.807, 2.05) is 6.92 Å². The van der Waals surface area contributed by atoms with Crippen LogP contribution in [0.3, 0.4) is 0 Å². The molecule has 1 rings (SSSR count). The zero-order valence-electron chi connectivity index (χ0n) is 11.0. The highest BCUT2D eigenvalue weighted by Crippen LogP contribution is 2.24. The number of ether oxygens (including phenoxy) is 1. The Labute approximate surface area is 102 Å². The van der Waals surface area contributed by atoms with E-state index in [2.05, 4.69) is 10.6 Å². The van der Waals surface area contributed by atoms with Crippen molar-refractivity contribution in [2.75, 3.05) is 6.61 Å². The summed E-state index contributed by atoms with van der Waals surface area (Å²) < 4.78 is 5.06. The second-order valence-corrected chi connectivity index (χ2v) is 4.76. The summed E-state index contributed by atoms with van der Waals surface area (Å²) in [6.07, 6.45) is 3.07. The Morgan fingerprint density at radius 3 is 2.59 bits per heavy atom. The molecule has 1 aliphatic heterocycles. The number of carbonyl (C=O) groups excluding carboxylic acids is 1. The molecular weight excluding hydrogens is 220 g/mol. The number of esters is 1. The molecule has 1 aliphatic rings. The van der Waals surface area contributed by atoms with Crippen LogP contribution in [0, 0.1) is 0 Å². The first-order valence-electron chi connectivity index (χ1n) is 6.02. The van der Waals surface area contributed by atoms with Crippen molar-refractivity contribution in [1.82, 2.24) is 10.6 Å². The zero-order chi connectivity index (χ0) is 13.1. The van der Waals surface area contributed by atoms with Crippen molar-refractivity contribution < 1.29 is 14.6 Å². The lowest BCUT2D eigenvalue weighted by Crippen LogP contribution is -2.58. The van der Waals surface area contributed by atoms with E-state index in [9.17, 15) is 9.90 Å². The predicted molar refractivity (Wildman–Crippen MR) is 64.9 cm³/mol. The van der Waals surface area contributed by atoms with Gasteiger partial charge in [-0.15, -0.1) is 0 Å². The molecule has 0 aromatic carbocycles. The van der Waals surface area contributed by atoms with Gasteiger partial charge in [0.2, 0.25) is 5.66 Å². The van der Waals surface area contributed by atoms with Crippen molar-refractivity contribution in [3.05, 3.63) is 11.9 Å². The first kappa shape index (κ1) is 13.8. The highest BCUT2D eigenvalue weighted by Gasteiger charge is 2.44. The Morgan fingerprint density at radius 1 is 1.53 bits per heavy atom. The number of carbonyl (C=O) groups is 1. The van der Waals surface area contributed by atoms with Gasteiger partial charge in [0.15, 0.2) is 0 Å². The van der Waals surface area contributed by atoms with Crippen LogP contribution in [0.4, 0.5) is 0 Å². The monoisotopic (exact) mass is 242 g/mol. The average Bonchev–Trinajstić information content (AvgIpc) is 2.64. The maximum Gasteiger partial charge on any atom is 0.352 e. The Morgan fingerprint density at radius 2 is 2.18 bits per heavy atom. The van der Waals surface area contributed by atoms with Gasteiger partial charge in [-0.25, -0.2) is 4.79 Å². The van der Waals surface area contributed by atoms with Crippen LogP contribution < -0.4 is 10.6 Å². The van der Waals surface area contributed by atoms with E-state index in [1.54, 1.807) is 27.0 Å². The van der Waals surface area contributed by atoms with Crippen molar-refractivity contribution in [2.45, 2.75) is 51.8 Å². The molecular formula is C12H22N2O3. The molecule has 98 valence electrons. The first-order valence-corrected chi connectivity index (χ1v) is 6.02. The molecule has 0 aliphatic carbocycles. The second kappa shape index (κ2) is 4.96. The molecule has 0 aromatic heterocycles. The van der Waals surface area contributed by atoms with Crippen LogP contribution in [-0.4, -0.2) is 28.9 Å². The molecule has 0 aromatic rings. The van der Waals surface area contributed by atoms with Gasteiger partial charge in [0.05, 0.1) is 17.9 Å². The molecule has 0 saturated heterocycles. The van der Waals surface area contributed by atoms with Crippen LogP contribution in [-0.2, 0) is 9.53 Å². The van der Waals surface area contributed by atoms with E-state index >= 15 is 0 Å². The molecule has 1 atom stereocenters. The summed E-state index contributed by atoms with van der Waals surface area (Å²) in [5.74, 6) is -0.336. The van der Waals surface area contributed by atoms with E-state index in [-0.39, 0.29) is 5.97 Å². The summed E-state index contributed by atoms with van der Waals surface area (Å²) in [5.41, 5.74) is -1.34. The van der Waals surface area contributed by atoms with Gasteiger partial charge >= 0.3 is 5.97 Å². The smallest absolute Gasteiger partial charge is 0.352 e. The number of aliphatic hydroxyl groups is 1. The Hall–Kier alpha value is -1.23. The summed E-state index contributed by atoms with van der Waals surface area (Å²) in [4.78, 5) is 12.0. The highest BCUT2D eigenvalue weighted by molar-refractivity contribution is 5.81. The standard InChI is InChI=1S/C12H22N2O3/c1-5-7-12(10(15)17-6-2)13-8-9(14-12)11(3,4)16/h8,13-14,16H,5-7H2,1-4H3. The first-order chi connectivity index (χ1) is 7.85. The molecule has 5 heteroatoms. The lowest BCUT2D eigenvalue weighted by molar-refractivity contribution is -0.152.